The van der Waals surface area contributed by atoms with Gasteiger partial charge in [-0.15, -0.1) is 11.3 Å². The lowest BCUT2D eigenvalue weighted by Gasteiger charge is -2.11. The Morgan fingerprint density at radius 1 is 1.25 bits per heavy atom. The Labute approximate surface area is 175 Å². The number of nitrogens with two attached hydrogens (primary N) is 1. The molecule has 28 heavy (non-hydrogen) atoms. The second-order valence-corrected chi connectivity index (χ2v) is 7.80. The highest BCUT2D eigenvalue weighted by Crippen LogP contribution is 2.36. The number of halogens is 2. The molecule has 1 aromatic heterocycles. The van der Waals surface area contributed by atoms with Crippen molar-refractivity contribution in [3.05, 3.63) is 39.3 Å². The van der Waals surface area contributed by atoms with Gasteiger partial charge in [0.05, 0.1) is 21.7 Å². The molecule has 0 spiro atoms. The number of hydrogen-bond acceptors (Lipinski definition) is 5. The van der Waals surface area contributed by atoms with Gasteiger partial charge in [-0.05, 0) is 25.0 Å². The molecule has 7 nitrogen and oxygen atoms in total. The van der Waals surface area contributed by atoms with Gasteiger partial charge in [-0.3, -0.25) is 9.59 Å². The zero-order chi connectivity index (χ0) is 20.7. The number of thiazole rings is 1. The van der Waals surface area contributed by atoms with Crippen LogP contribution in [0, 0.1) is 5.92 Å². The fourth-order valence-electron chi connectivity index (χ4n) is 2.63. The molecule has 0 bridgehead atoms. The van der Waals surface area contributed by atoms with Crippen molar-refractivity contribution in [1.29, 1.82) is 0 Å². The van der Waals surface area contributed by atoms with Crippen molar-refractivity contribution < 1.29 is 19.5 Å². The fourth-order valence-corrected chi connectivity index (χ4v) is 4.21. The van der Waals surface area contributed by atoms with Crippen molar-refractivity contribution in [2.45, 2.75) is 25.7 Å². The largest absolute Gasteiger partial charge is 0.481 e. The molecule has 0 aliphatic carbocycles. The lowest BCUT2D eigenvalue weighted by Crippen LogP contribution is -2.30. The molecule has 0 aliphatic heterocycles. The number of Topliss-reactive ketones (excluding diaryl/α,β-unsaturated/α-hetero) is 1. The van der Waals surface area contributed by atoms with Crippen LogP contribution in [0.25, 0.3) is 10.6 Å². The molecular weight excluding hydrogens is 425 g/mol. The number of urea groups is 1. The number of carboxylic acids is 1. The number of primary amides is 1. The third kappa shape index (κ3) is 6.47. The number of aliphatic carboxylic acids is 1. The topological polar surface area (TPSA) is 122 Å². The van der Waals surface area contributed by atoms with Gasteiger partial charge in [0.2, 0.25) is 0 Å². The van der Waals surface area contributed by atoms with Crippen molar-refractivity contribution in [3.63, 3.8) is 0 Å². The van der Waals surface area contributed by atoms with Crippen molar-refractivity contribution >= 4 is 52.3 Å². The second-order valence-electron chi connectivity index (χ2n) is 6.13. The SMILES string of the molecule is NC(=O)NCCC[C@@H](CC(=O)Cc1csc(-c2c(Cl)cccc2Cl)n1)C(=O)O. The van der Waals surface area contributed by atoms with E-state index in [9.17, 15) is 19.5 Å². The number of carbonyl (C=O) groups is 3. The van der Waals surface area contributed by atoms with Crippen LogP contribution in [0.3, 0.4) is 0 Å². The third-order valence-electron chi connectivity index (χ3n) is 3.96. The predicted octanol–water partition coefficient (Wildman–Crippen LogP) is 3.77. The van der Waals surface area contributed by atoms with E-state index in [1.807, 2.05) is 0 Å². The summed E-state index contributed by atoms with van der Waals surface area (Å²) in [5.74, 6) is -2.09. The summed E-state index contributed by atoms with van der Waals surface area (Å²) in [7, 11) is 0. The highest BCUT2D eigenvalue weighted by atomic mass is 35.5. The molecule has 0 fully saturated rings. The van der Waals surface area contributed by atoms with E-state index in [2.05, 4.69) is 10.3 Å². The molecule has 1 heterocycles. The molecule has 0 unspecified atom stereocenters. The molecule has 0 saturated heterocycles. The number of amides is 2. The molecule has 2 rings (SSSR count). The van der Waals surface area contributed by atoms with Crippen LogP contribution in [-0.2, 0) is 16.0 Å². The van der Waals surface area contributed by atoms with E-state index >= 15 is 0 Å². The molecule has 4 N–H and O–H groups in total. The molecule has 2 aromatic rings. The summed E-state index contributed by atoms with van der Waals surface area (Å²) in [4.78, 5) is 38.7. The van der Waals surface area contributed by atoms with Gasteiger partial charge in [0.15, 0.2) is 0 Å². The minimum Gasteiger partial charge on any atom is -0.481 e. The van der Waals surface area contributed by atoms with Crippen LogP contribution in [0.5, 0.6) is 0 Å². The van der Waals surface area contributed by atoms with Gasteiger partial charge in [0.1, 0.15) is 10.8 Å². The summed E-state index contributed by atoms with van der Waals surface area (Å²) >= 11 is 13.7. The van der Waals surface area contributed by atoms with E-state index in [0.29, 0.717) is 32.7 Å². The fraction of sp³-hybridized carbons (Fsp3) is 0.333. The number of carboxylic acid groups (broad SMARTS) is 1. The zero-order valence-corrected chi connectivity index (χ0v) is 17.1. The summed E-state index contributed by atoms with van der Waals surface area (Å²) in [5, 5.41) is 15.0. The van der Waals surface area contributed by atoms with Crippen LogP contribution >= 0.6 is 34.5 Å². The number of benzene rings is 1. The van der Waals surface area contributed by atoms with Crippen LogP contribution in [-0.4, -0.2) is 34.4 Å². The summed E-state index contributed by atoms with van der Waals surface area (Å²) in [6.07, 6.45) is 0.603. The maximum atomic E-state index is 12.3. The monoisotopic (exact) mass is 443 g/mol. The number of nitrogens with zero attached hydrogens (tertiary/aromatic N) is 1. The van der Waals surface area contributed by atoms with Gasteiger partial charge in [-0.2, -0.15) is 0 Å². The quantitative estimate of drug-likeness (QED) is 0.482. The Bertz CT molecular complexity index is 852. The average molecular weight is 444 g/mol. The number of hydrogen-bond donors (Lipinski definition) is 3. The van der Waals surface area contributed by atoms with E-state index in [0.717, 1.165) is 0 Å². The molecule has 0 aliphatic rings. The van der Waals surface area contributed by atoms with Gasteiger partial charge >= 0.3 is 12.0 Å². The Morgan fingerprint density at radius 2 is 1.93 bits per heavy atom. The van der Waals surface area contributed by atoms with E-state index in [1.165, 1.54) is 11.3 Å². The molecular formula is C18H19Cl2N3O4S. The van der Waals surface area contributed by atoms with Crippen LogP contribution in [0.2, 0.25) is 10.0 Å². The predicted molar refractivity (Wildman–Crippen MR) is 109 cm³/mol. The first kappa shape index (κ1) is 22.1. The summed E-state index contributed by atoms with van der Waals surface area (Å²) in [6, 6.07) is 4.48. The smallest absolute Gasteiger partial charge is 0.312 e. The molecule has 0 radical (unpaired) electrons. The molecule has 1 aromatic carbocycles. The minimum atomic E-state index is -1.05. The molecule has 150 valence electrons. The summed E-state index contributed by atoms with van der Waals surface area (Å²) < 4.78 is 0. The first-order valence-corrected chi connectivity index (χ1v) is 10.1. The number of carbonyl (C=O) groups excluding carboxylic acids is 2. The molecule has 0 saturated carbocycles. The van der Waals surface area contributed by atoms with E-state index in [-0.39, 0.29) is 31.6 Å². The number of nitrogens with one attached hydrogen (secondary N) is 1. The lowest BCUT2D eigenvalue weighted by atomic mass is 9.95. The Kier molecular flexibility index (Phi) is 8.22. The van der Waals surface area contributed by atoms with Gasteiger partial charge < -0.3 is 16.2 Å². The molecule has 10 heteroatoms. The van der Waals surface area contributed by atoms with Crippen LogP contribution in [0.15, 0.2) is 23.6 Å². The van der Waals surface area contributed by atoms with E-state index in [4.69, 9.17) is 28.9 Å². The van der Waals surface area contributed by atoms with Crippen LogP contribution < -0.4 is 11.1 Å². The van der Waals surface area contributed by atoms with E-state index < -0.39 is 17.9 Å². The normalized spacial score (nSPS) is 11.8. The summed E-state index contributed by atoms with van der Waals surface area (Å²) in [5.41, 5.74) is 6.11. The molecule has 1 atom stereocenters. The summed E-state index contributed by atoms with van der Waals surface area (Å²) in [6.45, 7) is 0.265. The van der Waals surface area contributed by atoms with E-state index in [1.54, 1.807) is 23.6 Å². The van der Waals surface area contributed by atoms with Crippen molar-refractivity contribution in [3.8, 4) is 10.6 Å². The maximum Gasteiger partial charge on any atom is 0.312 e. The van der Waals surface area contributed by atoms with Crippen molar-refractivity contribution in [2.24, 2.45) is 11.7 Å². The van der Waals surface area contributed by atoms with Gasteiger partial charge in [0.25, 0.3) is 0 Å². The zero-order valence-electron chi connectivity index (χ0n) is 14.8. The standard InChI is InChI=1S/C18H19Cl2N3O4S/c19-13-4-1-5-14(20)15(13)16-23-11(9-28-16)8-12(24)7-10(17(25)26)3-2-6-22-18(21)27/h1,4-5,9-10H,2-3,6-8H2,(H,25,26)(H3,21,22,27)/t10-/m0/s1. The van der Waals surface area contributed by atoms with Crippen LogP contribution in [0.1, 0.15) is 25.0 Å². The first-order valence-electron chi connectivity index (χ1n) is 8.44. The van der Waals surface area contributed by atoms with Gasteiger partial charge in [-0.25, -0.2) is 9.78 Å². The first-order chi connectivity index (χ1) is 13.3. The third-order valence-corrected chi connectivity index (χ3v) is 5.50. The second kappa shape index (κ2) is 10.4. The average Bonchev–Trinajstić information content (AvgIpc) is 3.04. The lowest BCUT2D eigenvalue weighted by molar-refractivity contribution is -0.144. The number of aromatic nitrogens is 1. The van der Waals surface area contributed by atoms with Gasteiger partial charge in [-0.1, -0.05) is 29.3 Å². The van der Waals surface area contributed by atoms with Crippen molar-refractivity contribution in [1.82, 2.24) is 10.3 Å². The van der Waals surface area contributed by atoms with Crippen molar-refractivity contribution in [2.75, 3.05) is 6.54 Å². The highest BCUT2D eigenvalue weighted by molar-refractivity contribution is 7.13. The Morgan fingerprint density at radius 3 is 2.54 bits per heavy atom. The Hall–Kier alpha value is -2.16. The minimum absolute atomic E-state index is 0.0297. The van der Waals surface area contributed by atoms with Gasteiger partial charge in [0, 0.05) is 30.3 Å². The Balaban J connectivity index is 1.96. The highest BCUT2D eigenvalue weighted by Gasteiger charge is 2.22. The number of rotatable bonds is 10. The number of ketones is 1. The molecule has 2 amide bonds. The maximum absolute atomic E-state index is 12.3. The van der Waals surface area contributed by atoms with Crippen LogP contribution in [0.4, 0.5) is 4.79 Å².